The molecule has 5 heteroatoms. The monoisotopic (exact) mass is 304 g/mol. The number of carboxylic acids is 1. The molecule has 0 aliphatic heterocycles. The van der Waals surface area contributed by atoms with Gasteiger partial charge in [-0.25, -0.2) is 4.79 Å². The Morgan fingerprint density at radius 2 is 1.95 bits per heavy atom. The van der Waals surface area contributed by atoms with Crippen molar-refractivity contribution in [3.63, 3.8) is 0 Å². The maximum absolute atomic E-state index is 10.8. The fourth-order valence-corrected chi connectivity index (χ4v) is 2.96. The molecular formula is C16H20N2O2S. The van der Waals surface area contributed by atoms with Gasteiger partial charge in [0.05, 0.1) is 5.56 Å². The van der Waals surface area contributed by atoms with Gasteiger partial charge in [-0.15, -0.1) is 11.3 Å². The van der Waals surface area contributed by atoms with Crippen molar-refractivity contribution < 1.29 is 9.90 Å². The lowest BCUT2D eigenvalue weighted by Crippen LogP contribution is -2.16. The molecule has 0 aliphatic carbocycles. The van der Waals surface area contributed by atoms with Crippen LogP contribution in [0.3, 0.4) is 0 Å². The topological polar surface area (TPSA) is 52.6 Å². The Morgan fingerprint density at radius 1 is 1.24 bits per heavy atom. The summed E-state index contributed by atoms with van der Waals surface area (Å²) in [4.78, 5) is 14.0. The summed E-state index contributed by atoms with van der Waals surface area (Å²) in [5, 5.41) is 14.0. The van der Waals surface area contributed by atoms with Gasteiger partial charge in [-0.05, 0) is 31.3 Å². The van der Waals surface area contributed by atoms with E-state index in [0.717, 1.165) is 18.0 Å². The molecule has 0 radical (unpaired) electrons. The number of hydrogen-bond acceptors (Lipinski definition) is 4. The van der Waals surface area contributed by atoms with Crippen molar-refractivity contribution in [2.45, 2.75) is 19.6 Å². The molecule has 0 atom stereocenters. The number of nitrogens with one attached hydrogen (secondary N) is 1. The van der Waals surface area contributed by atoms with E-state index >= 15 is 0 Å². The van der Waals surface area contributed by atoms with Crippen LogP contribution in [0.4, 0.5) is 0 Å². The Morgan fingerprint density at radius 3 is 2.57 bits per heavy atom. The van der Waals surface area contributed by atoms with E-state index in [1.807, 2.05) is 6.07 Å². The molecule has 0 aliphatic rings. The van der Waals surface area contributed by atoms with E-state index in [9.17, 15) is 4.79 Å². The lowest BCUT2D eigenvalue weighted by Gasteiger charge is -2.14. The number of aromatic carboxylic acids is 1. The van der Waals surface area contributed by atoms with Crippen LogP contribution in [0.15, 0.2) is 35.7 Å². The fourth-order valence-electron chi connectivity index (χ4n) is 2.13. The van der Waals surface area contributed by atoms with Crippen molar-refractivity contribution in [1.29, 1.82) is 0 Å². The molecule has 2 N–H and O–H groups in total. The predicted molar refractivity (Wildman–Crippen MR) is 85.7 cm³/mol. The van der Waals surface area contributed by atoms with Crippen molar-refractivity contribution in [1.82, 2.24) is 10.2 Å². The van der Waals surface area contributed by atoms with E-state index in [4.69, 9.17) is 5.11 Å². The zero-order valence-corrected chi connectivity index (χ0v) is 13.1. The summed E-state index contributed by atoms with van der Waals surface area (Å²) in [6.45, 7) is 2.39. The maximum atomic E-state index is 10.8. The molecule has 21 heavy (non-hydrogen) atoms. The first-order chi connectivity index (χ1) is 10.1. The van der Waals surface area contributed by atoms with E-state index in [2.05, 4.69) is 42.5 Å². The predicted octanol–water partition coefficient (Wildman–Crippen LogP) is 2.80. The van der Waals surface area contributed by atoms with E-state index in [-0.39, 0.29) is 0 Å². The molecule has 1 heterocycles. The minimum Gasteiger partial charge on any atom is -0.478 e. The molecule has 0 unspecified atom stereocenters. The second-order valence-corrected chi connectivity index (χ2v) is 6.21. The van der Waals surface area contributed by atoms with E-state index in [0.29, 0.717) is 12.1 Å². The zero-order valence-electron chi connectivity index (χ0n) is 12.3. The smallest absolute Gasteiger partial charge is 0.336 e. The van der Waals surface area contributed by atoms with Crippen LogP contribution < -0.4 is 5.32 Å². The van der Waals surface area contributed by atoms with Gasteiger partial charge in [-0.2, -0.15) is 0 Å². The summed E-state index contributed by atoms with van der Waals surface area (Å²) in [7, 11) is 4.12. The van der Waals surface area contributed by atoms with Gasteiger partial charge < -0.3 is 15.3 Å². The minimum absolute atomic E-state index is 0.366. The van der Waals surface area contributed by atoms with Crippen molar-refractivity contribution in [2.24, 2.45) is 0 Å². The maximum Gasteiger partial charge on any atom is 0.336 e. The molecular weight excluding hydrogens is 284 g/mol. The third kappa shape index (κ3) is 4.67. The molecule has 1 aromatic heterocycles. The highest BCUT2D eigenvalue weighted by atomic mass is 32.1. The number of hydrogen-bond donors (Lipinski definition) is 2. The molecule has 112 valence electrons. The first-order valence-corrected chi connectivity index (χ1v) is 7.67. The third-order valence-corrected chi connectivity index (χ3v) is 4.06. The Hall–Kier alpha value is -1.69. The van der Waals surface area contributed by atoms with Gasteiger partial charge in [0.25, 0.3) is 0 Å². The lowest BCUT2D eigenvalue weighted by molar-refractivity contribution is 0.0697. The molecule has 0 amide bonds. The summed E-state index contributed by atoms with van der Waals surface area (Å²) in [5.74, 6) is -0.867. The number of benzene rings is 1. The van der Waals surface area contributed by atoms with Crippen molar-refractivity contribution in [2.75, 3.05) is 14.1 Å². The fraction of sp³-hybridized carbons (Fsp3) is 0.312. The van der Waals surface area contributed by atoms with Crippen molar-refractivity contribution >= 4 is 17.3 Å². The quantitative estimate of drug-likeness (QED) is 0.826. The highest BCUT2D eigenvalue weighted by Crippen LogP contribution is 2.15. The van der Waals surface area contributed by atoms with Gasteiger partial charge in [0.15, 0.2) is 0 Å². The van der Waals surface area contributed by atoms with Crippen molar-refractivity contribution in [3.05, 3.63) is 57.3 Å². The van der Waals surface area contributed by atoms with Crippen LogP contribution in [0.2, 0.25) is 0 Å². The number of nitrogens with zero attached hydrogens (tertiary/aromatic N) is 1. The highest BCUT2D eigenvalue weighted by molar-refractivity contribution is 7.10. The van der Waals surface area contributed by atoms with Gasteiger partial charge in [-0.3, -0.25) is 0 Å². The molecule has 0 spiro atoms. The Kier molecular flexibility index (Phi) is 5.50. The largest absolute Gasteiger partial charge is 0.478 e. The van der Waals surface area contributed by atoms with E-state index in [1.54, 1.807) is 11.4 Å². The molecule has 1 aromatic carbocycles. The first-order valence-electron chi connectivity index (χ1n) is 6.79. The Bertz CT molecular complexity index is 608. The average Bonchev–Trinajstić information content (AvgIpc) is 2.89. The van der Waals surface area contributed by atoms with Crippen LogP contribution in [-0.4, -0.2) is 30.1 Å². The lowest BCUT2D eigenvalue weighted by atomic mass is 10.1. The van der Waals surface area contributed by atoms with Gasteiger partial charge in [-0.1, -0.05) is 24.3 Å². The van der Waals surface area contributed by atoms with Crippen molar-refractivity contribution in [3.8, 4) is 0 Å². The molecule has 0 saturated carbocycles. The van der Waals surface area contributed by atoms with Crippen LogP contribution in [0.5, 0.6) is 0 Å². The minimum atomic E-state index is -0.867. The summed E-state index contributed by atoms with van der Waals surface area (Å²) in [6, 6.07) is 10.1. The van der Waals surface area contributed by atoms with Gasteiger partial charge >= 0.3 is 5.97 Å². The second-order valence-electron chi connectivity index (χ2n) is 5.22. The zero-order chi connectivity index (χ0) is 15.2. The van der Waals surface area contributed by atoms with E-state index < -0.39 is 5.97 Å². The SMILES string of the molecule is CN(C)Cc1ccccc1CNCc1cc(C(=O)O)cs1. The van der Waals surface area contributed by atoms with Gasteiger partial charge in [0.1, 0.15) is 0 Å². The first kappa shape index (κ1) is 15.7. The Balaban J connectivity index is 1.92. The molecule has 0 fully saturated rings. The summed E-state index contributed by atoms with van der Waals surface area (Å²) >= 11 is 1.48. The van der Waals surface area contributed by atoms with Gasteiger partial charge in [0.2, 0.25) is 0 Å². The molecule has 2 aromatic rings. The normalized spacial score (nSPS) is 11.0. The highest BCUT2D eigenvalue weighted by Gasteiger charge is 2.07. The summed E-state index contributed by atoms with van der Waals surface area (Å²) < 4.78 is 0. The second kappa shape index (κ2) is 7.36. The summed E-state index contributed by atoms with van der Waals surface area (Å²) in [5.41, 5.74) is 2.96. The molecule has 2 rings (SSSR count). The van der Waals surface area contributed by atoms with Crippen LogP contribution in [0, 0.1) is 0 Å². The van der Waals surface area contributed by atoms with Crippen LogP contribution in [0.25, 0.3) is 0 Å². The average molecular weight is 304 g/mol. The van der Waals surface area contributed by atoms with Gasteiger partial charge in [0, 0.05) is 29.9 Å². The number of thiophene rings is 1. The third-order valence-electron chi connectivity index (χ3n) is 3.12. The molecule has 4 nitrogen and oxygen atoms in total. The number of carboxylic acid groups (broad SMARTS) is 1. The molecule has 0 saturated heterocycles. The Labute approximate surface area is 129 Å². The number of carbonyl (C=O) groups is 1. The number of rotatable bonds is 7. The standard InChI is InChI=1S/C16H20N2O2S/c1-18(2)10-13-6-4-3-5-12(13)8-17-9-15-7-14(11-21-15)16(19)20/h3-7,11,17H,8-10H2,1-2H3,(H,19,20). The van der Waals surface area contributed by atoms with Crippen LogP contribution >= 0.6 is 11.3 Å². The summed E-state index contributed by atoms with van der Waals surface area (Å²) in [6.07, 6.45) is 0. The molecule has 0 bridgehead atoms. The van der Waals surface area contributed by atoms with Crippen LogP contribution in [0.1, 0.15) is 26.4 Å². The van der Waals surface area contributed by atoms with E-state index in [1.165, 1.54) is 22.5 Å². The van der Waals surface area contributed by atoms with Crippen LogP contribution in [-0.2, 0) is 19.6 Å².